The van der Waals surface area contributed by atoms with Crippen LogP contribution < -0.4 is 0 Å². The molecule has 0 aromatic carbocycles. The Kier molecular flexibility index (Phi) is 4.71. The van der Waals surface area contributed by atoms with Crippen LogP contribution in [0.1, 0.15) is 31.7 Å². The number of piperidine rings is 1. The quantitative estimate of drug-likeness (QED) is 0.909. The molecule has 0 bridgehead atoms. The van der Waals surface area contributed by atoms with E-state index in [1.165, 1.54) is 0 Å². The number of aliphatic carboxylic acids is 1. The first-order valence-corrected chi connectivity index (χ1v) is 6.99. The molecule has 2 atom stereocenters. The fourth-order valence-corrected chi connectivity index (χ4v) is 2.71. The summed E-state index contributed by atoms with van der Waals surface area (Å²) < 4.78 is 0. The van der Waals surface area contributed by atoms with Gasteiger partial charge in [-0.3, -0.25) is 14.6 Å². The Hall–Kier alpha value is -1.91. The Balaban J connectivity index is 1.85. The van der Waals surface area contributed by atoms with Crippen molar-refractivity contribution >= 4 is 11.9 Å². The van der Waals surface area contributed by atoms with Crippen LogP contribution in [0.3, 0.4) is 0 Å². The lowest BCUT2D eigenvalue weighted by Gasteiger charge is -2.36. The maximum absolute atomic E-state index is 12.2. The molecule has 5 nitrogen and oxygen atoms in total. The molecule has 1 amide bonds. The van der Waals surface area contributed by atoms with Gasteiger partial charge in [0.2, 0.25) is 5.91 Å². The summed E-state index contributed by atoms with van der Waals surface area (Å²) in [6.07, 6.45) is 5.72. The van der Waals surface area contributed by atoms with Crippen molar-refractivity contribution in [2.75, 3.05) is 6.54 Å². The minimum atomic E-state index is -0.749. The summed E-state index contributed by atoms with van der Waals surface area (Å²) in [7, 11) is 0. The second-order valence-corrected chi connectivity index (χ2v) is 5.35. The third kappa shape index (κ3) is 3.56. The van der Waals surface area contributed by atoms with Gasteiger partial charge in [-0.15, -0.1) is 0 Å². The molecule has 1 N–H and O–H groups in total. The standard InChI is InChI=1S/C15H20N2O3/c1-11-10-13(15(19)20)6-9-17(11)14(18)3-2-12-4-7-16-8-5-12/h4-5,7-8,11,13H,2-3,6,9-10H2,1H3,(H,19,20). The highest BCUT2D eigenvalue weighted by Crippen LogP contribution is 2.23. The fraction of sp³-hybridized carbons (Fsp3) is 0.533. The first kappa shape index (κ1) is 14.5. The SMILES string of the molecule is CC1CC(C(=O)O)CCN1C(=O)CCc1ccncc1. The van der Waals surface area contributed by atoms with Crippen molar-refractivity contribution in [2.45, 2.75) is 38.6 Å². The van der Waals surface area contributed by atoms with Crippen LogP contribution in [0.2, 0.25) is 0 Å². The molecule has 2 rings (SSSR count). The normalized spacial score (nSPS) is 22.6. The maximum atomic E-state index is 12.2. The molecule has 1 aliphatic rings. The second kappa shape index (κ2) is 6.50. The summed E-state index contributed by atoms with van der Waals surface area (Å²) in [5.74, 6) is -0.951. The zero-order chi connectivity index (χ0) is 14.5. The molecule has 1 saturated heterocycles. The summed E-state index contributed by atoms with van der Waals surface area (Å²) in [5, 5.41) is 9.02. The summed E-state index contributed by atoms with van der Waals surface area (Å²) in [4.78, 5) is 29.0. The average molecular weight is 276 g/mol. The molecule has 5 heteroatoms. The van der Waals surface area contributed by atoms with Crippen LogP contribution in [-0.4, -0.2) is 39.5 Å². The van der Waals surface area contributed by atoms with E-state index in [-0.39, 0.29) is 17.9 Å². The summed E-state index contributed by atoms with van der Waals surface area (Å²) >= 11 is 0. The van der Waals surface area contributed by atoms with Crippen molar-refractivity contribution in [3.8, 4) is 0 Å². The molecule has 2 unspecified atom stereocenters. The average Bonchev–Trinajstić information content (AvgIpc) is 2.45. The first-order valence-electron chi connectivity index (χ1n) is 6.99. The Morgan fingerprint density at radius 3 is 2.70 bits per heavy atom. The van der Waals surface area contributed by atoms with E-state index in [4.69, 9.17) is 5.11 Å². The number of rotatable bonds is 4. The zero-order valence-electron chi connectivity index (χ0n) is 11.7. The third-order valence-electron chi connectivity index (χ3n) is 3.92. The van der Waals surface area contributed by atoms with Crippen LogP contribution in [0, 0.1) is 5.92 Å². The summed E-state index contributed by atoms with van der Waals surface area (Å²) in [6, 6.07) is 3.83. The monoisotopic (exact) mass is 276 g/mol. The topological polar surface area (TPSA) is 70.5 Å². The van der Waals surface area contributed by atoms with Crippen LogP contribution in [0.4, 0.5) is 0 Å². The molecular weight excluding hydrogens is 256 g/mol. The lowest BCUT2D eigenvalue weighted by atomic mass is 9.91. The van der Waals surface area contributed by atoms with Gasteiger partial charge < -0.3 is 10.0 Å². The van der Waals surface area contributed by atoms with E-state index in [1.54, 1.807) is 12.4 Å². The smallest absolute Gasteiger partial charge is 0.306 e. The van der Waals surface area contributed by atoms with Gasteiger partial charge in [0.1, 0.15) is 0 Å². The Labute approximate surface area is 118 Å². The van der Waals surface area contributed by atoms with E-state index in [2.05, 4.69) is 4.98 Å². The minimum absolute atomic E-state index is 0.00906. The van der Waals surface area contributed by atoms with Gasteiger partial charge in [-0.05, 0) is 43.9 Å². The Morgan fingerprint density at radius 2 is 2.10 bits per heavy atom. The fourth-order valence-electron chi connectivity index (χ4n) is 2.71. The van der Waals surface area contributed by atoms with E-state index < -0.39 is 5.97 Å². The Bertz CT molecular complexity index is 475. The number of carboxylic acid groups (broad SMARTS) is 1. The zero-order valence-corrected chi connectivity index (χ0v) is 11.7. The highest BCUT2D eigenvalue weighted by molar-refractivity contribution is 5.77. The number of nitrogens with zero attached hydrogens (tertiary/aromatic N) is 2. The van der Waals surface area contributed by atoms with E-state index in [9.17, 15) is 9.59 Å². The summed E-state index contributed by atoms with van der Waals surface area (Å²) in [5.41, 5.74) is 1.10. The molecule has 20 heavy (non-hydrogen) atoms. The minimum Gasteiger partial charge on any atom is -0.481 e. The van der Waals surface area contributed by atoms with E-state index in [1.807, 2.05) is 24.0 Å². The lowest BCUT2D eigenvalue weighted by molar-refractivity contribution is -0.147. The van der Waals surface area contributed by atoms with Crippen LogP contribution in [0.25, 0.3) is 0 Å². The number of amides is 1. The molecule has 1 fully saturated rings. The van der Waals surface area contributed by atoms with Crippen LogP contribution >= 0.6 is 0 Å². The van der Waals surface area contributed by atoms with Crippen molar-refractivity contribution in [3.05, 3.63) is 30.1 Å². The number of hydrogen-bond donors (Lipinski definition) is 1. The van der Waals surface area contributed by atoms with Crippen molar-refractivity contribution in [1.82, 2.24) is 9.88 Å². The number of pyridine rings is 1. The van der Waals surface area contributed by atoms with Gasteiger partial charge in [0.15, 0.2) is 0 Å². The molecule has 108 valence electrons. The maximum Gasteiger partial charge on any atom is 0.306 e. The van der Waals surface area contributed by atoms with Gasteiger partial charge >= 0.3 is 5.97 Å². The molecule has 0 saturated carbocycles. The van der Waals surface area contributed by atoms with Crippen molar-refractivity contribution in [1.29, 1.82) is 0 Å². The Morgan fingerprint density at radius 1 is 1.40 bits per heavy atom. The van der Waals surface area contributed by atoms with Crippen molar-refractivity contribution in [3.63, 3.8) is 0 Å². The van der Waals surface area contributed by atoms with Crippen molar-refractivity contribution < 1.29 is 14.7 Å². The number of aromatic nitrogens is 1. The molecule has 0 radical (unpaired) electrons. The number of carboxylic acids is 1. The second-order valence-electron chi connectivity index (χ2n) is 5.35. The number of likely N-dealkylation sites (tertiary alicyclic amines) is 1. The largest absolute Gasteiger partial charge is 0.481 e. The number of carbonyl (C=O) groups is 2. The first-order chi connectivity index (χ1) is 9.58. The van der Waals surface area contributed by atoms with Crippen molar-refractivity contribution in [2.24, 2.45) is 5.92 Å². The highest BCUT2D eigenvalue weighted by atomic mass is 16.4. The van der Waals surface area contributed by atoms with Gasteiger partial charge in [0, 0.05) is 31.4 Å². The van der Waals surface area contributed by atoms with Gasteiger partial charge in [0.05, 0.1) is 5.92 Å². The molecule has 1 aromatic heterocycles. The van der Waals surface area contributed by atoms with Gasteiger partial charge in [-0.25, -0.2) is 0 Å². The molecule has 1 aromatic rings. The molecule has 0 aliphatic carbocycles. The number of aryl methyl sites for hydroxylation is 1. The van der Waals surface area contributed by atoms with E-state index >= 15 is 0 Å². The van der Waals surface area contributed by atoms with Crippen LogP contribution in [-0.2, 0) is 16.0 Å². The van der Waals surface area contributed by atoms with Gasteiger partial charge in [-0.1, -0.05) is 0 Å². The van der Waals surface area contributed by atoms with Gasteiger partial charge in [0.25, 0.3) is 0 Å². The molecule has 0 spiro atoms. The number of carbonyl (C=O) groups excluding carboxylic acids is 1. The van der Waals surface area contributed by atoms with Crippen LogP contribution in [0.5, 0.6) is 0 Å². The van der Waals surface area contributed by atoms with E-state index in [0.717, 1.165) is 5.56 Å². The molecular formula is C15H20N2O3. The van der Waals surface area contributed by atoms with Gasteiger partial charge in [-0.2, -0.15) is 0 Å². The summed E-state index contributed by atoms with van der Waals surface area (Å²) in [6.45, 7) is 2.48. The molecule has 1 aliphatic heterocycles. The van der Waals surface area contributed by atoms with Crippen LogP contribution in [0.15, 0.2) is 24.5 Å². The third-order valence-corrected chi connectivity index (χ3v) is 3.92. The van der Waals surface area contributed by atoms with E-state index in [0.29, 0.717) is 32.2 Å². The molecule has 2 heterocycles. The number of hydrogen-bond acceptors (Lipinski definition) is 3. The lowest BCUT2D eigenvalue weighted by Crippen LogP contribution is -2.46. The predicted octanol–water partition coefficient (Wildman–Crippen LogP) is 1.73. The highest BCUT2D eigenvalue weighted by Gasteiger charge is 2.31. The predicted molar refractivity (Wildman–Crippen MR) is 74.1 cm³/mol.